The van der Waals surface area contributed by atoms with Crippen LogP contribution in [0.25, 0.3) is 0 Å². The molecule has 0 aliphatic rings. The second-order valence-electron chi connectivity index (χ2n) is 7.31. The minimum Gasteiger partial charge on any atom is -0.483 e. The predicted molar refractivity (Wildman–Crippen MR) is 135 cm³/mol. The van der Waals surface area contributed by atoms with E-state index >= 15 is 0 Å². The van der Waals surface area contributed by atoms with Crippen LogP contribution in [0.1, 0.15) is 16.7 Å². The van der Waals surface area contributed by atoms with Crippen molar-refractivity contribution in [2.75, 3.05) is 17.2 Å². The quantitative estimate of drug-likeness (QED) is 0.245. The normalized spacial score (nSPS) is 10.6. The number of ether oxygens (including phenoxy) is 1. The number of nitrogens with one attached hydrogen (secondary N) is 3. The van der Waals surface area contributed by atoms with E-state index in [1.54, 1.807) is 30.3 Å². The number of carbonyl (C=O) groups excluding carboxylic acids is 3. The van der Waals surface area contributed by atoms with Gasteiger partial charge in [0.05, 0.1) is 6.21 Å². The number of hydrogen-bond acceptors (Lipinski definition) is 5. The first-order chi connectivity index (χ1) is 16.3. The Morgan fingerprint density at radius 3 is 2.32 bits per heavy atom. The zero-order chi connectivity index (χ0) is 24.5. The number of halogens is 1. The Hall–Kier alpha value is -3.98. The van der Waals surface area contributed by atoms with Gasteiger partial charge in [-0.15, -0.1) is 0 Å². The summed E-state index contributed by atoms with van der Waals surface area (Å²) in [5.41, 5.74) is 5.64. The van der Waals surface area contributed by atoms with Gasteiger partial charge in [-0.05, 0) is 55.3 Å². The number of benzene rings is 3. The Kier molecular flexibility index (Phi) is 8.53. The fraction of sp³-hybridized carbons (Fsp3) is 0.120. The van der Waals surface area contributed by atoms with E-state index in [9.17, 15) is 14.4 Å². The summed E-state index contributed by atoms with van der Waals surface area (Å²) in [6, 6.07) is 19.7. The molecule has 9 heteroatoms. The van der Waals surface area contributed by atoms with Crippen LogP contribution in [0.2, 0.25) is 0 Å². The molecule has 3 aromatic rings. The summed E-state index contributed by atoms with van der Waals surface area (Å²) >= 11 is 3.37. The summed E-state index contributed by atoms with van der Waals surface area (Å²) in [5.74, 6) is -1.70. The van der Waals surface area contributed by atoms with E-state index in [1.165, 1.54) is 6.21 Å². The van der Waals surface area contributed by atoms with Gasteiger partial charge < -0.3 is 15.4 Å². The third-order valence-corrected chi connectivity index (χ3v) is 5.18. The molecular formula is C25H23BrN4O4. The van der Waals surface area contributed by atoms with E-state index in [4.69, 9.17) is 4.74 Å². The number of hydrazone groups is 1. The van der Waals surface area contributed by atoms with Gasteiger partial charge in [0.15, 0.2) is 6.61 Å². The van der Waals surface area contributed by atoms with Crippen molar-refractivity contribution in [3.05, 3.63) is 87.9 Å². The second kappa shape index (κ2) is 11.8. The molecule has 0 bridgehead atoms. The fourth-order valence-corrected chi connectivity index (χ4v) is 3.39. The van der Waals surface area contributed by atoms with Crippen molar-refractivity contribution in [3.8, 4) is 5.75 Å². The molecule has 3 aromatic carbocycles. The van der Waals surface area contributed by atoms with Crippen molar-refractivity contribution >= 4 is 51.2 Å². The Morgan fingerprint density at radius 1 is 0.912 bits per heavy atom. The third-order valence-electron chi connectivity index (χ3n) is 4.68. The zero-order valence-electron chi connectivity index (χ0n) is 18.6. The molecule has 0 aromatic heterocycles. The molecule has 8 nitrogen and oxygen atoms in total. The standard InChI is InChI=1S/C25H23BrN4O4/c1-16-7-6-8-17(2)23(16)29-24(32)25(33)30-27-14-18-13-19(26)11-12-21(18)34-15-22(31)28-20-9-4-3-5-10-20/h3-14H,15H2,1-2H3,(H,28,31)(H,29,32)(H,30,33)/b27-14-. The van der Waals surface area contributed by atoms with Gasteiger partial charge in [0.2, 0.25) is 0 Å². The van der Waals surface area contributed by atoms with E-state index < -0.39 is 11.8 Å². The van der Waals surface area contributed by atoms with Gasteiger partial charge in [0, 0.05) is 21.4 Å². The van der Waals surface area contributed by atoms with E-state index in [0.29, 0.717) is 22.7 Å². The van der Waals surface area contributed by atoms with Gasteiger partial charge in [0.25, 0.3) is 5.91 Å². The van der Waals surface area contributed by atoms with Crippen molar-refractivity contribution in [2.24, 2.45) is 5.10 Å². The number of aryl methyl sites for hydroxylation is 2. The Labute approximate surface area is 205 Å². The average Bonchev–Trinajstić information content (AvgIpc) is 2.81. The summed E-state index contributed by atoms with van der Waals surface area (Å²) in [4.78, 5) is 36.6. The third kappa shape index (κ3) is 7.01. The van der Waals surface area contributed by atoms with Crippen molar-refractivity contribution in [2.45, 2.75) is 13.8 Å². The highest BCUT2D eigenvalue weighted by molar-refractivity contribution is 9.10. The Balaban J connectivity index is 1.59. The molecule has 174 valence electrons. The van der Waals surface area contributed by atoms with Crippen LogP contribution in [-0.2, 0) is 14.4 Å². The molecule has 34 heavy (non-hydrogen) atoms. The number of carbonyl (C=O) groups is 3. The van der Waals surface area contributed by atoms with Gasteiger partial charge in [0.1, 0.15) is 5.75 Å². The van der Waals surface area contributed by atoms with Gasteiger partial charge in [-0.25, -0.2) is 5.43 Å². The van der Waals surface area contributed by atoms with Crippen molar-refractivity contribution < 1.29 is 19.1 Å². The molecular weight excluding hydrogens is 500 g/mol. The van der Waals surface area contributed by atoms with E-state index in [1.807, 2.05) is 50.2 Å². The predicted octanol–water partition coefficient (Wildman–Crippen LogP) is 4.17. The zero-order valence-corrected chi connectivity index (χ0v) is 20.2. The van der Waals surface area contributed by atoms with Crippen molar-refractivity contribution in [3.63, 3.8) is 0 Å². The summed E-state index contributed by atoms with van der Waals surface area (Å²) < 4.78 is 6.36. The molecule has 0 fully saturated rings. The number of amides is 3. The van der Waals surface area contributed by atoms with E-state index in [0.717, 1.165) is 15.6 Å². The van der Waals surface area contributed by atoms with Crippen molar-refractivity contribution in [1.29, 1.82) is 0 Å². The molecule has 0 saturated heterocycles. The summed E-state index contributed by atoms with van der Waals surface area (Å²) in [6.45, 7) is 3.46. The van der Waals surface area contributed by atoms with E-state index in [-0.39, 0.29) is 12.5 Å². The maximum absolute atomic E-state index is 12.2. The lowest BCUT2D eigenvalue weighted by Crippen LogP contribution is -2.32. The molecule has 0 aliphatic heterocycles. The van der Waals surface area contributed by atoms with Crippen LogP contribution in [0.15, 0.2) is 76.3 Å². The topological polar surface area (TPSA) is 109 Å². The minimum atomic E-state index is -0.918. The Morgan fingerprint density at radius 2 is 1.62 bits per heavy atom. The molecule has 3 rings (SSSR count). The molecule has 0 saturated carbocycles. The van der Waals surface area contributed by atoms with Crippen molar-refractivity contribution in [1.82, 2.24) is 5.43 Å². The van der Waals surface area contributed by atoms with Gasteiger partial charge in [-0.2, -0.15) is 5.10 Å². The van der Waals surface area contributed by atoms with Crippen LogP contribution in [0.5, 0.6) is 5.75 Å². The highest BCUT2D eigenvalue weighted by Crippen LogP contribution is 2.22. The first-order valence-electron chi connectivity index (χ1n) is 10.3. The van der Waals surface area contributed by atoms with Crippen LogP contribution in [0, 0.1) is 13.8 Å². The fourth-order valence-electron chi connectivity index (χ4n) is 3.01. The number of nitrogens with zero attached hydrogens (tertiary/aromatic N) is 1. The van der Waals surface area contributed by atoms with Crippen LogP contribution in [0.3, 0.4) is 0 Å². The lowest BCUT2D eigenvalue weighted by Gasteiger charge is -2.11. The monoisotopic (exact) mass is 522 g/mol. The van der Waals surface area contributed by atoms with Gasteiger partial charge in [-0.3, -0.25) is 14.4 Å². The van der Waals surface area contributed by atoms with E-state index in [2.05, 4.69) is 37.1 Å². The maximum Gasteiger partial charge on any atom is 0.329 e. The molecule has 0 aliphatic carbocycles. The summed E-state index contributed by atoms with van der Waals surface area (Å²) in [7, 11) is 0. The average molecular weight is 523 g/mol. The lowest BCUT2D eigenvalue weighted by atomic mass is 10.1. The molecule has 0 heterocycles. The smallest absolute Gasteiger partial charge is 0.329 e. The molecule has 3 N–H and O–H groups in total. The first-order valence-corrected chi connectivity index (χ1v) is 11.1. The summed E-state index contributed by atoms with van der Waals surface area (Å²) in [5, 5.41) is 9.19. The highest BCUT2D eigenvalue weighted by Gasteiger charge is 2.15. The molecule has 0 atom stereocenters. The number of rotatable bonds is 7. The number of hydrogen-bond donors (Lipinski definition) is 3. The highest BCUT2D eigenvalue weighted by atomic mass is 79.9. The van der Waals surface area contributed by atoms with Crippen LogP contribution < -0.4 is 20.8 Å². The SMILES string of the molecule is Cc1cccc(C)c1NC(=O)C(=O)N/N=C\c1cc(Br)ccc1OCC(=O)Nc1ccccc1. The number of para-hydroxylation sites is 2. The first kappa shape index (κ1) is 24.7. The maximum atomic E-state index is 12.2. The largest absolute Gasteiger partial charge is 0.483 e. The number of anilines is 2. The van der Waals surface area contributed by atoms with Crippen LogP contribution >= 0.6 is 15.9 Å². The van der Waals surface area contributed by atoms with Crippen LogP contribution in [0.4, 0.5) is 11.4 Å². The summed E-state index contributed by atoms with van der Waals surface area (Å²) in [6.07, 6.45) is 1.33. The second-order valence-corrected chi connectivity index (χ2v) is 8.22. The van der Waals surface area contributed by atoms with Gasteiger partial charge in [-0.1, -0.05) is 52.3 Å². The molecule has 0 radical (unpaired) electrons. The van der Waals surface area contributed by atoms with Gasteiger partial charge >= 0.3 is 11.8 Å². The minimum absolute atomic E-state index is 0.220. The lowest BCUT2D eigenvalue weighted by molar-refractivity contribution is -0.136. The molecule has 0 spiro atoms. The Bertz CT molecular complexity index is 1210. The molecule has 3 amide bonds. The van der Waals surface area contributed by atoms with Crippen LogP contribution in [-0.4, -0.2) is 30.5 Å². The molecule has 0 unspecified atom stereocenters.